The Kier molecular flexibility index (Phi) is 4.44. The highest BCUT2D eigenvalue weighted by Gasteiger charge is 2.31. The van der Waals surface area contributed by atoms with E-state index >= 15 is 0 Å². The van der Waals surface area contributed by atoms with Gasteiger partial charge in [0.05, 0.1) is 12.7 Å². The van der Waals surface area contributed by atoms with Gasteiger partial charge in [-0.2, -0.15) is 4.98 Å². The number of fused-ring (bicyclic) bond motifs is 1. The first-order chi connectivity index (χ1) is 14.1. The van der Waals surface area contributed by atoms with Crippen molar-refractivity contribution in [1.29, 1.82) is 0 Å². The highest BCUT2D eigenvalue weighted by Crippen LogP contribution is 2.37. The van der Waals surface area contributed by atoms with Gasteiger partial charge in [-0.15, -0.1) is 5.10 Å². The molecule has 1 aliphatic heterocycles. The van der Waals surface area contributed by atoms with E-state index in [1.54, 1.807) is 10.5 Å². The van der Waals surface area contributed by atoms with Gasteiger partial charge >= 0.3 is 5.69 Å². The quantitative estimate of drug-likeness (QED) is 0.512. The lowest BCUT2D eigenvalue weighted by molar-refractivity contribution is 0.110. The second-order valence-electron chi connectivity index (χ2n) is 7.15. The van der Waals surface area contributed by atoms with Crippen LogP contribution in [-0.2, 0) is 11.3 Å². The van der Waals surface area contributed by atoms with Crippen LogP contribution in [0.1, 0.15) is 41.4 Å². The van der Waals surface area contributed by atoms with E-state index in [0.717, 1.165) is 17.7 Å². The summed E-state index contributed by atoms with van der Waals surface area (Å²) in [6, 6.07) is 13.2. The third-order valence-corrected chi connectivity index (χ3v) is 5.42. The first kappa shape index (κ1) is 18.1. The summed E-state index contributed by atoms with van der Waals surface area (Å²) in [6.07, 6.45) is 0.733. The van der Waals surface area contributed by atoms with Crippen LogP contribution in [0, 0.1) is 6.92 Å². The maximum Gasteiger partial charge on any atom is 0.351 e. The van der Waals surface area contributed by atoms with Crippen molar-refractivity contribution in [2.45, 2.75) is 31.9 Å². The number of rotatable bonds is 4. The topological polar surface area (TPSA) is 87.4 Å². The average molecular weight is 412 g/mol. The Labute approximate surface area is 170 Å². The molecular weight excluding hydrogens is 394 g/mol. The monoisotopic (exact) mass is 411 g/mol. The van der Waals surface area contributed by atoms with Gasteiger partial charge in [-0.1, -0.05) is 35.0 Å². The fourth-order valence-electron chi connectivity index (χ4n) is 3.66. The van der Waals surface area contributed by atoms with Crippen LogP contribution in [-0.4, -0.2) is 30.9 Å². The van der Waals surface area contributed by atoms with Crippen molar-refractivity contribution in [3.63, 3.8) is 0 Å². The second kappa shape index (κ2) is 7.13. The van der Waals surface area contributed by atoms with Crippen LogP contribution < -0.4 is 5.69 Å². The number of aromatic nitrogens is 5. The molecule has 0 spiro atoms. The fourth-order valence-corrected chi connectivity index (χ4v) is 3.78. The number of hydrogen-bond donors (Lipinski definition) is 0. The molecule has 0 radical (unpaired) electrons. The highest BCUT2D eigenvalue weighted by molar-refractivity contribution is 6.30. The molecule has 1 fully saturated rings. The van der Waals surface area contributed by atoms with Crippen LogP contribution in [0.25, 0.3) is 5.65 Å². The molecule has 3 aromatic heterocycles. The predicted molar refractivity (Wildman–Crippen MR) is 105 cm³/mol. The Morgan fingerprint density at radius 2 is 2.03 bits per heavy atom. The van der Waals surface area contributed by atoms with Crippen LogP contribution in [0.3, 0.4) is 0 Å². The number of pyridine rings is 1. The minimum atomic E-state index is -0.232. The van der Waals surface area contributed by atoms with E-state index in [9.17, 15) is 4.79 Å². The Bertz CT molecular complexity index is 1230. The molecule has 4 heterocycles. The summed E-state index contributed by atoms with van der Waals surface area (Å²) in [6.45, 7) is 2.50. The van der Waals surface area contributed by atoms with Crippen molar-refractivity contribution in [3.8, 4) is 0 Å². The van der Waals surface area contributed by atoms with Crippen molar-refractivity contribution in [2.24, 2.45) is 0 Å². The zero-order valence-electron chi connectivity index (χ0n) is 15.7. The lowest BCUT2D eigenvalue weighted by Crippen LogP contribution is -2.22. The van der Waals surface area contributed by atoms with E-state index in [4.69, 9.17) is 20.9 Å². The molecule has 0 bridgehead atoms. The van der Waals surface area contributed by atoms with Gasteiger partial charge < -0.3 is 9.26 Å². The maximum absolute atomic E-state index is 12.6. The third-order valence-electron chi connectivity index (χ3n) is 5.17. The summed E-state index contributed by atoms with van der Waals surface area (Å²) in [5, 5.41) is 9.14. The van der Waals surface area contributed by atoms with Crippen LogP contribution in [0.4, 0.5) is 0 Å². The smallest absolute Gasteiger partial charge is 0.351 e. The van der Waals surface area contributed by atoms with Crippen LogP contribution in [0.5, 0.6) is 0 Å². The Hall–Kier alpha value is -2.97. The summed E-state index contributed by atoms with van der Waals surface area (Å²) in [7, 11) is 0. The predicted octanol–water partition coefficient (Wildman–Crippen LogP) is 3.13. The minimum Gasteiger partial charge on any atom is -0.373 e. The summed E-state index contributed by atoms with van der Waals surface area (Å²) in [5.41, 5.74) is 2.25. The fraction of sp³-hybridized carbons (Fsp3) is 0.300. The lowest BCUT2D eigenvalue weighted by atomic mass is 10.0. The van der Waals surface area contributed by atoms with E-state index in [0.29, 0.717) is 29.0 Å². The molecular formula is C20H18ClN5O3. The summed E-state index contributed by atoms with van der Waals surface area (Å²) in [5.74, 6) is 0.968. The minimum absolute atomic E-state index is 0.0248. The standard InChI is InChI=1S/C20H18ClN5O3/c1-12-3-2-4-17-23-25(20(27)26(12)17)10-18-22-19(24-29-18)14-9-16(28-11-14)13-5-7-15(21)8-6-13/h2-8,14,16H,9-11H2,1H3/t14-,16+/m0/s1. The third kappa shape index (κ3) is 3.34. The first-order valence-electron chi connectivity index (χ1n) is 9.33. The molecule has 1 saturated heterocycles. The highest BCUT2D eigenvalue weighted by atomic mass is 35.5. The molecule has 148 valence electrons. The zero-order valence-corrected chi connectivity index (χ0v) is 16.4. The number of ether oxygens (including phenoxy) is 1. The molecule has 4 aromatic rings. The molecule has 0 unspecified atom stereocenters. The maximum atomic E-state index is 12.6. The molecule has 8 nitrogen and oxygen atoms in total. The first-order valence-corrected chi connectivity index (χ1v) is 9.71. The van der Waals surface area contributed by atoms with E-state index < -0.39 is 0 Å². The number of benzene rings is 1. The normalized spacial score (nSPS) is 19.2. The second-order valence-corrected chi connectivity index (χ2v) is 7.59. The van der Waals surface area contributed by atoms with Crippen molar-refractivity contribution in [1.82, 2.24) is 24.3 Å². The zero-order chi connectivity index (χ0) is 20.0. The van der Waals surface area contributed by atoms with Gasteiger partial charge in [-0.05, 0) is 43.2 Å². The molecule has 0 N–H and O–H groups in total. The van der Waals surface area contributed by atoms with Gasteiger partial charge in [-0.3, -0.25) is 0 Å². The molecule has 5 rings (SSSR count). The van der Waals surface area contributed by atoms with Gasteiger partial charge in [0.1, 0.15) is 6.54 Å². The van der Waals surface area contributed by atoms with Crippen molar-refractivity contribution >= 4 is 17.2 Å². The van der Waals surface area contributed by atoms with Gasteiger partial charge in [0.2, 0.25) is 5.89 Å². The number of halogens is 1. The molecule has 2 atom stereocenters. The van der Waals surface area contributed by atoms with Crippen molar-refractivity contribution < 1.29 is 9.26 Å². The average Bonchev–Trinajstić information content (AvgIpc) is 3.43. The van der Waals surface area contributed by atoms with E-state index in [1.807, 2.05) is 43.3 Å². The molecule has 29 heavy (non-hydrogen) atoms. The number of nitrogens with zero attached hydrogens (tertiary/aromatic N) is 5. The Morgan fingerprint density at radius 3 is 2.83 bits per heavy atom. The van der Waals surface area contributed by atoms with E-state index in [-0.39, 0.29) is 24.3 Å². The number of aryl methyl sites for hydroxylation is 1. The van der Waals surface area contributed by atoms with Gasteiger partial charge in [0.25, 0.3) is 0 Å². The Morgan fingerprint density at radius 1 is 1.21 bits per heavy atom. The van der Waals surface area contributed by atoms with Crippen molar-refractivity contribution in [2.75, 3.05) is 6.61 Å². The molecule has 1 aromatic carbocycles. The van der Waals surface area contributed by atoms with Gasteiger partial charge in [0.15, 0.2) is 11.5 Å². The molecule has 0 amide bonds. The summed E-state index contributed by atoms with van der Waals surface area (Å²) in [4.78, 5) is 17.1. The number of hydrogen-bond acceptors (Lipinski definition) is 6. The largest absolute Gasteiger partial charge is 0.373 e. The van der Waals surface area contributed by atoms with Crippen LogP contribution in [0.2, 0.25) is 5.02 Å². The molecule has 9 heteroatoms. The van der Waals surface area contributed by atoms with Gasteiger partial charge in [-0.25, -0.2) is 13.9 Å². The van der Waals surface area contributed by atoms with Crippen LogP contribution >= 0.6 is 11.6 Å². The van der Waals surface area contributed by atoms with E-state index in [2.05, 4.69) is 15.2 Å². The van der Waals surface area contributed by atoms with Gasteiger partial charge in [0, 0.05) is 16.6 Å². The molecule has 0 aliphatic carbocycles. The molecule has 0 saturated carbocycles. The van der Waals surface area contributed by atoms with E-state index in [1.165, 1.54) is 4.68 Å². The molecule has 1 aliphatic rings. The van der Waals surface area contributed by atoms with Crippen LogP contribution in [0.15, 0.2) is 51.8 Å². The van der Waals surface area contributed by atoms with Crippen molar-refractivity contribution in [3.05, 3.63) is 80.9 Å². The summed E-state index contributed by atoms with van der Waals surface area (Å²) < 4.78 is 14.2. The SMILES string of the molecule is Cc1cccc2nn(Cc3nc([C@@H]4CO[C@@H](c5ccc(Cl)cc5)C4)no3)c(=O)n12. The summed E-state index contributed by atoms with van der Waals surface area (Å²) >= 11 is 5.95. The Balaban J connectivity index is 1.33. The lowest BCUT2D eigenvalue weighted by Gasteiger charge is -2.09.